The van der Waals surface area contributed by atoms with E-state index in [-0.39, 0.29) is 0 Å². The number of methoxy groups -OCH3 is 2. The molecule has 0 fully saturated rings. The molecule has 0 aliphatic rings. The fourth-order valence-corrected chi connectivity index (χ4v) is 1.70. The molecular formula is C10H19N3O3. The normalized spacial score (nSPS) is 15.4. The molecule has 6 nitrogen and oxygen atoms in total. The highest BCUT2D eigenvalue weighted by Gasteiger charge is 2.37. The number of ether oxygens (including phenoxy) is 2. The Balaban J connectivity index is 3.00. The maximum atomic E-state index is 10.4. The lowest BCUT2D eigenvalue weighted by atomic mass is 10.0. The lowest BCUT2D eigenvalue weighted by molar-refractivity contribution is -0.215. The van der Waals surface area contributed by atoms with E-state index < -0.39 is 11.9 Å². The molecule has 1 aromatic heterocycles. The van der Waals surface area contributed by atoms with Gasteiger partial charge in [0.1, 0.15) is 0 Å². The average Bonchev–Trinajstić information content (AvgIpc) is 2.68. The van der Waals surface area contributed by atoms with Crippen LogP contribution in [0.2, 0.25) is 0 Å². The topological polar surface area (TPSA) is 69.4 Å². The molecule has 1 heterocycles. The molecule has 0 amide bonds. The van der Waals surface area contributed by atoms with Gasteiger partial charge in [0.25, 0.3) is 0 Å². The van der Waals surface area contributed by atoms with Crippen LogP contribution >= 0.6 is 0 Å². The highest BCUT2D eigenvalue weighted by molar-refractivity contribution is 5.08. The van der Waals surface area contributed by atoms with Crippen LogP contribution < -0.4 is 0 Å². The van der Waals surface area contributed by atoms with Gasteiger partial charge in [-0.15, -0.1) is 5.10 Å². The summed E-state index contributed by atoms with van der Waals surface area (Å²) in [6, 6.07) is 0. The standard InChI is InChI=1S/C10H19N3O3/c1-5-6-13-8(7-11-12-13)10(2,14)9(15-3)16-4/h7,9,14H,5-6H2,1-4H3. The minimum absolute atomic E-state index is 0.586. The fourth-order valence-electron chi connectivity index (χ4n) is 1.70. The van der Waals surface area contributed by atoms with Gasteiger partial charge in [0.2, 0.25) is 0 Å². The Morgan fingerprint density at radius 3 is 2.62 bits per heavy atom. The Bertz CT molecular complexity index is 321. The first kappa shape index (κ1) is 13.1. The molecule has 0 aliphatic carbocycles. The zero-order chi connectivity index (χ0) is 12.2. The minimum Gasteiger partial charge on any atom is -0.378 e. The molecule has 0 aliphatic heterocycles. The average molecular weight is 229 g/mol. The first-order valence-electron chi connectivity index (χ1n) is 5.24. The number of nitrogens with zero attached hydrogens (tertiary/aromatic N) is 3. The van der Waals surface area contributed by atoms with E-state index >= 15 is 0 Å². The van der Waals surface area contributed by atoms with Crippen molar-refractivity contribution < 1.29 is 14.6 Å². The van der Waals surface area contributed by atoms with Gasteiger partial charge in [0.15, 0.2) is 11.9 Å². The second kappa shape index (κ2) is 5.38. The zero-order valence-electron chi connectivity index (χ0n) is 10.2. The SMILES string of the molecule is CCCn1nncc1C(C)(O)C(OC)OC. The van der Waals surface area contributed by atoms with E-state index in [0.717, 1.165) is 6.42 Å². The van der Waals surface area contributed by atoms with Gasteiger partial charge in [-0.25, -0.2) is 4.68 Å². The number of rotatable bonds is 6. The molecule has 0 bridgehead atoms. The van der Waals surface area contributed by atoms with Crippen molar-refractivity contribution in [3.8, 4) is 0 Å². The van der Waals surface area contributed by atoms with Crippen LogP contribution in [0, 0.1) is 0 Å². The summed E-state index contributed by atoms with van der Waals surface area (Å²) in [6.07, 6.45) is 1.69. The van der Waals surface area contributed by atoms with Crippen LogP contribution in [-0.4, -0.2) is 40.6 Å². The predicted molar refractivity (Wildman–Crippen MR) is 57.7 cm³/mol. The summed E-state index contributed by atoms with van der Waals surface area (Å²) in [6.45, 7) is 4.35. The van der Waals surface area contributed by atoms with Gasteiger partial charge in [0, 0.05) is 20.8 Å². The molecule has 0 radical (unpaired) electrons. The smallest absolute Gasteiger partial charge is 0.191 e. The summed E-state index contributed by atoms with van der Waals surface area (Å²) in [5, 5.41) is 18.1. The first-order valence-corrected chi connectivity index (χ1v) is 5.24. The third-order valence-electron chi connectivity index (χ3n) is 2.46. The van der Waals surface area contributed by atoms with Crippen molar-refractivity contribution in [2.45, 2.75) is 38.7 Å². The van der Waals surface area contributed by atoms with E-state index in [9.17, 15) is 5.11 Å². The van der Waals surface area contributed by atoms with Gasteiger partial charge in [0.05, 0.1) is 11.9 Å². The zero-order valence-corrected chi connectivity index (χ0v) is 10.2. The van der Waals surface area contributed by atoms with Crippen molar-refractivity contribution in [1.29, 1.82) is 0 Å². The summed E-state index contributed by atoms with van der Waals surface area (Å²) in [5.74, 6) is 0. The predicted octanol–water partition coefficient (Wildman–Crippen LogP) is 0.514. The van der Waals surface area contributed by atoms with Gasteiger partial charge in [-0.1, -0.05) is 12.1 Å². The highest BCUT2D eigenvalue weighted by atomic mass is 16.7. The van der Waals surface area contributed by atoms with Gasteiger partial charge in [-0.3, -0.25) is 0 Å². The Hall–Kier alpha value is -0.980. The van der Waals surface area contributed by atoms with Crippen LogP contribution in [0.1, 0.15) is 26.0 Å². The maximum absolute atomic E-state index is 10.4. The van der Waals surface area contributed by atoms with Crippen molar-refractivity contribution in [3.05, 3.63) is 11.9 Å². The lowest BCUT2D eigenvalue weighted by Gasteiger charge is -2.30. The summed E-state index contributed by atoms with van der Waals surface area (Å²) in [4.78, 5) is 0. The van der Waals surface area contributed by atoms with E-state index in [1.54, 1.807) is 11.6 Å². The quantitative estimate of drug-likeness (QED) is 0.720. The van der Waals surface area contributed by atoms with E-state index in [1.165, 1.54) is 20.4 Å². The number of aryl methyl sites for hydroxylation is 1. The van der Waals surface area contributed by atoms with Crippen LogP contribution in [-0.2, 0) is 21.6 Å². The molecule has 1 unspecified atom stereocenters. The molecule has 0 spiro atoms. The van der Waals surface area contributed by atoms with Crippen LogP contribution in [0.5, 0.6) is 0 Å². The molecule has 1 rings (SSSR count). The molecule has 16 heavy (non-hydrogen) atoms. The monoisotopic (exact) mass is 229 g/mol. The molecule has 1 aromatic rings. The summed E-state index contributed by atoms with van der Waals surface area (Å²) in [5.41, 5.74) is -0.689. The van der Waals surface area contributed by atoms with Crippen LogP contribution in [0.4, 0.5) is 0 Å². The van der Waals surface area contributed by atoms with Crippen molar-refractivity contribution in [1.82, 2.24) is 15.0 Å². The molecule has 1 N–H and O–H groups in total. The third kappa shape index (κ3) is 2.40. The molecule has 0 saturated carbocycles. The molecule has 0 aromatic carbocycles. The van der Waals surface area contributed by atoms with Gasteiger partial charge in [-0.05, 0) is 13.3 Å². The number of hydrogen-bond acceptors (Lipinski definition) is 5. The lowest BCUT2D eigenvalue weighted by Crippen LogP contribution is -2.41. The minimum atomic E-state index is -1.28. The Labute approximate surface area is 95.2 Å². The van der Waals surface area contributed by atoms with E-state index in [2.05, 4.69) is 10.3 Å². The van der Waals surface area contributed by atoms with E-state index in [1.807, 2.05) is 6.92 Å². The second-order valence-electron chi connectivity index (χ2n) is 3.79. The van der Waals surface area contributed by atoms with Crippen LogP contribution in [0.3, 0.4) is 0 Å². The van der Waals surface area contributed by atoms with Crippen LogP contribution in [0.15, 0.2) is 6.20 Å². The van der Waals surface area contributed by atoms with Crippen molar-refractivity contribution in [2.24, 2.45) is 0 Å². The maximum Gasteiger partial charge on any atom is 0.191 e. The number of aromatic nitrogens is 3. The molecule has 6 heteroatoms. The Kier molecular flexibility index (Phi) is 4.40. The second-order valence-corrected chi connectivity index (χ2v) is 3.79. The third-order valence-corrected chi connectivity index (χ3v) is 2.46. The summed E-state index contributed by atoms with van der Waals surface area (Å²) < 4.78 is 11.8. The van der Waals surface area contributed by atoms with Gasteiger partial charge in [-0.2, -0.15) is 0 Å². The van der Waals surface area contributed by atoms with Crippen molar-refractivity contribution in [3.63, 3.8) is 0 Å². The fraction of sp³-hybridized carbons (Fsp3) is 0.800. The summed E-state index contributed by atoms with van der Waals surface area (Å²) in [7, 11) is 2.97. The van der Waals surface area contributed by atoms with E-state index in [4.69, 9.17) is 9.47 Å². The molecule has 1 atom stereocenters. The van der Waals surface area contributed by atoms with Crippen molar-refractivity contribution >= 4 is 0 Å². The van der Waals surface area contributed by atoms with E-state index in [0.29, 0.717) is 12.2 Å². The molecule has 0 saturated heterocycles. The number of aliphatic hydroxyl groups is 1. The molecular weight excluding hydrogens is 210 g/mol. The van der Waals surface area contributed by atoms with Gasteiger partial charge >= 0.3 is 0 Å². The Morgan fingerprint density at radius 2 is 2.12 bits per heavy atom. The Morgan fingerprint density at radius 1 is 1.50 bits per heavy atom. The number of hydrogen-bond donors (Lipinski definition) is 1. The van der Waals surface area contributed by atoms with Gasteiger partial charge < -0.3 is 14.6 Å². The van der Waals surface area contributed by atoms with Crippen LogP contribution in [0.25, 0.3) is 0 Å². The van der Waals surface area contributed by atoms with Crippen molar-refractivity contribution in [2.75, 3.05) is 14.2 Å². The largest absolute Gasteiger partial charge is 0.378 e. The summed E-state index contributed by atoms with van der Waals surface area (Å²) >= 11 is 0. The molecule has 92 valence electrons. The highest BCUT2D eigenvalue weighted by Crippen LogP contribution is 2.26. The first-order chi connectivity index (χ1) is 7.57.